The zero-order chi connectivity index (χ0) is 19.5. The van der Waals surface area contributed by atoms with E-state index in [0.29, 0.717) is 5.92 Å². The van der Waals surface area contributed by atoms with E-state index in [4.69, 9.17) is 0 Å². The molecule has 0 radical (unpaired) electrons. The van der Waals surface area contributed by atoms with Crippen LogP contribution in [0.25, 0.3) is 0 Å². The first kappa shape index (κ1) is 20.4. The molecule has 146 valence electrons. The van der Waals surface area contributed by atoms with Crippen molar-refractivity contribution < 1.29 is 23.1 Å². The molecule has 26 heavy (non-hydrogen) atoms. The zero-order valence-corrected chi connectivity index (χ0v) is 16.0. The summed E-state index contributed by atoms with van der Waals surface area (Å²) in [5.41, 5.74) is -1.04. The number of sulfonamides is 1. The summed E-state index contributed by atoms with van der Waals surface area (Å²) in [4.78, 5) is 23.2. The van der Waals surface area contributed by atoms with Crippen LogP contribution in [0.3, 0.4) is 0 Å². The second kappa shape index (κ2) is 7.75. The molecule has 1 aliphatic carbocycles. The molecule has 1 heterocycles. The maximum atomic E-state index is 12.2. The molecule has 2 rings (SSSR count). The topological polar surface area (TPSA) is 130 Å². The number of hydrogen-bond donors (Lipinski definition) is 3. The van der Waals surface area contributed by atoms with Crippen LogP contribution >= 0.6 is 0 Å². The van der Waals surface area contributed by atoms with Gasteiger partial charge in [0.05, 0.1) is 11.9 Å². The predicted octanol–water partition coefficient (Wildman–Crippen LogP) is 1.14. The second-order valence-electron chi connectivity index (χ2n) is 7.42. The van der Waals surface area contributed by atoms with Crippen LogP contribution in [0.4, 0.5) is 5.69 Å². The molecule has 9 nitrogen and oxygen atoms in total. The van der Waals surface area contributed by atoms with Gasteiger partial charge in [-0.05, 0) is 45.4 Å². The van der Waals surface area contributed by atoms with Crippen LogP contribution in [0, 0.1) is 5.92 Å². The number of amides is 1. The van der Waals surface area contributed by atoms with Crippen molar-refractivity contribution in [3.8, 4) is 0 Å². The van der Waals surface area contributed by atoms with Crippen LogP contribution in [0.15, 0.2) is 12.4 Å². The minimum absolute atomic E-state index is 0.122. The lowest BCUT2D eigenvalue weighted by molar-refractivity contribution is -0.146. The van der Waals surface area contributed by atoms with Crippen LogP contribution in [-0.2, 0) is 25.2 Å². The first-order valence-corrected chi connectivity index (χ1v) is 10.2. The van der Waals surface area contributed by atoms with Crippen LogP contribution < -0.4 is 10.0 Å². The maximum Gasteiger partial charge on any atom is 0.331 e. The van der Waals surface area contributed by atoms with Crippen molar-refractivity contribution in [1.82, 2.24) is 14.5 Å². The molecular weight excluding hydrogens is 360 g/mol. The van der Waals surface area contributed by atoms with E-state index in [1.807, 2.05) is 0 Å². The molecule has 1 amide bonds. The number of rotatable bonds is 7. The minimum Gasteiger partial charge on any atom is -0.479 e. The van der Waals surface area contributed by atoms with Gasteiger partial charge >= 0.3 is 5.97 Å². The number of nitrogens with zero attached hydrogens (tertiary/aromatic N) is 2. The SMILES string of the molecule is CC1CCC(NS(=O)(=O)CC(=O)Nc2cnn(C(C)(C)C(=O)O)c2)CC1. The first-order chi connectivity index (χ1) is 12.0. The summed E-state index contributed by atoms with van der Waals surface area (Å²) in [5, 5.41) is 15.5. The van der Waals surface area contributed by atoms with Crippen LogP contribution in [0.1, 0.15) is 46.5 Å². The van der Waals surface area contributed by atoms with E-state index >= 15 is 0 Å². The molecule has 3 N–H and O–H groups in total. The van der Waals surface area contributed by atoms with Crippen molar-refractivity contribution in [2.75, 3.05) is 11.1 Å². The zero-order valence-electron chi connectivity index (χ0n) is 15.2. The lowest BCUT2D eigenvalue weighted by Gasteiger charge is -2.26. The first-order valence-electron chi connectivity index (χ1n) is 8.58. The molecule has 1 saturated carbocycles. The van der Waals surface area contributed by atoms with Gasteiger partial charge in [0.1, 0.15) is 5.75 Å². The summed E-state index contributed by atoms with van der Waals surface area (Å²) in [5.74, 6) is -1.86. The highest BCUT2D eigenvalue weighted by atomic mass is 32.2. The standard InChI is InChI=1S/C16H26N4O5S/c1-11-4-6-12(7-5-11)19-26(24,25)10-14(21)18-13-8-17-20(9-13)16(2,3)15(22)23/h8-9,11-12,19H,4-7,10H2,1-3H3,(H,18,21)(H,22,23). The molecule has 10 heteroatoms. The van der Waals surface area contributed by atoms with Crippen molar-refractivity contribution in [1.29, 1.82) is 0 Å². The fourth-order valence-corrected chi connectivity index (χ4v) is 4.08. The van der Waals surface area contributed by atoms with E-state index < -0.39 is 33.2 Å². The predicted molar refractivity (Wildman–Crippen MR) is 96.2 cm³/mol. The molecule has 1 aromatic heterocycles. The third kappa shape index (κ3) is 5.28. The largest absolute Gasteiger partial charge is 0.479 e. The number of aromatic nitrogens is 2. The van der Waals surface area contributed by atoms with E-state index in [0.717, 1.165) is 25.7 Å². The van der Waals surface area contributed by atoms with Gasteiger partial charge in [0.2, 0.25) is 15.9 Å². The molecule has 1 aliphatic rings. The Balaban J connectivity index is 1.92. The van der Waals surface area contributed by atoms with Gasteiger partial charge in [0.25, 0.3) is 0 Å². The lowest BCUT2D eigenvalue weighted by Crippen LogP contribution is -2.41. The Labute approximate surface area is 153 Å². The summed E-state index contributed by atoms with van der Waals surface area (Å²) in [6.45, 7) is 5.07. The number of carbonyl (C=O) groups excluding carboxylic acids is 1. The molecule has 0 atom stereocenters. The van der Waals surface area contributed by atoms with Crippen LogP contribution in [0.2, 0.25) is 0 Å². The average molecular weight is 386 g/mol. The summed E-state index contributed by atoms with van der Waals surface area (Å²) < 4.78 is 28.1. The van der Waals surface area contributed by atoms with Gasteiger partial charge in [-0.3, -0.25) is 9.48 Å². The van der Waals surface area contributed by atoms with E-state index in [1.54, 1.807) is 0 Å². The summed E-state index contributed by atoms with van der Waals surface area (Å²) in [6, 6.07) is -0.122. The molecule has 0 unspecified atom stereocenters. The van der Waals surface area contributed by atoms with Crippen molar-refractivity contribution in [3.05, 3.63) is 12.4 Å². The molecule has 0 aliphatic heterocycles. The number of carboxylic acids is 1. The third-order valence-electron chi connectivity index (χ3n) is 4.65. The quantitative estimate of drug-likeness (QED) is 0.644. The Bertz CT molecular complexity index is 763. The van der Waals surface area contributed by atoms with Crippen LogP contribution in [0.5, 0.6) is 0 Å². The number of aliphatic carboxylic acids is 1. The summed E-state index contributed by atoms with van der Waals surface area (Å²) in [7, 11) is -3.74. The fourth-order valence-electron chi connectivity index (χ4n) is 2.83. The summed E-state index contributed by atoms with van der Waals surface area (Å²) >= 11 is 0. The van der Waals surface area contributed by atoms with Crippen molar-refractivity contribution >= 4 is 27.6 Å². The molecule has 0 bridgehead atoms. The van der Waals surface area contributed by atoms with Gasteiger partial charge in [0, 0.05) is 12.2 Å². The Kier molecular flexibility index (Phi) is 6.07. The van der Waals surface area contributed by atoms with E-state index in [1.165, 1.54) is 30.9 Å². The van der Waals surface area contributed by atoms with Gasteiger partial charge in [-0.1, -0.05) is 6.92 Å². The third-order valence-corrected chi connectivity index (χ3v) is 5.98. The normalized spacial score (nSPS) is 21.3. The number of carboxylic acid groups (broad SMARTS) is 1. The molecule has 0 aromatic carbocycles. The van der Waals surface area contributed by atoms with E-state index in [2.05, 4.69) is 22.1 Å². The van der Waals surface area contributed by atoms with E-state index in [9.17, 15) is 23.1 Å². The van der Waals surface area contributed by atoms with Gasteiger partial charge in [0.15, 0.2) is 5.54 Å². The highest BCUT2D eigenvalue weighted by molar-refractivity contribution is 7.90. The molecular formula is C16H26N4O5S. The highest BCUT2D eigenvalue weighted by Gasteiger charge is 2.30. The monoisotopic (exact) mass is 386 g/mol. The Morgan fingerprint density at radius 1 is 1.31 bits per heavy atom. The number of nitrogens with one attached hydrogen (secondary N) is 2. The molecule has 1 fully saturated rings. The highest BCUT2D eigenvalue weighted by Crippen LogP contribution is 2.24. The van der Waals surface area contributed by atoms with Crippen LogP contribution in [-0.4, -0.2) is 47.0 Å². The molecule has 0 saturated heterocycles. The average Bonchev–Trinajstić information content (AvgIpc) is 2.97. The van der Waals surface area contributed by atoms with Crippen molar-refractivity contribution in [2.24, 2.45) is 5.92 Å². The smallest absolute Gasteiger partial charge is 0.331 e. The summed E-state index contributed by atoms with van der Waals surface area (Å²) in [6.07, 6.45) is 6.13. The van der Waals surface area contributed by atoms with E-state index in [-0.39, 0.29) is 11.7 Å². The second-order valence-corrected chi connectivity index (χ2v) is 9.17. The number of anilines is 1. The Hall–Kier alpha value is -1.94. The Morgan fingerprint density at radius 2 is 1.92 bits per heavy atom. The maximum absolute atomic E-state index is 12.2. The van der Waals surface area contributed by atoms with Gasteiger partial charge < -0.3 is 10.4 Å². The Morgan fingerprint density at radius 3 is 2.50 bits per heavy atom. The van der Waals surface area contributed by atoms with Crippen molar-refractivity contribution in [3.63, 3.8) is 0 Å². The number of carbonyl (C=O) groups is 2. The minimum atomic E-state index is -3.74. The molecule has 0 spiro atoms. The van der Waals surface area contributed by atoms with Crippen molar-refractivity contribution in [2.45, 2.75) is 58.0 Å². The van der Waals surface area contributed by atoms with Gasteiger partial charge in [-0.15, -0.1) is 0 Å². The van der Waals surface area contributed by atoms with Gasteiger partial charge in [-0.2, -0.15) is 5.10 Å². The van der Waals surface area contributed by atoms with Gasteiger partial charge in [-0.25, -0.2) is 17.9 Å². The fraction of sp³-hybridized carbons (Fsp3) is 0.688. The molecule has 1 aromatic rings. The lowest BCUT2D eigenvalue weighted by atomic mass is 9.88. The number of hydrogen-bond acceptors (Lipinski definition) is 5.